The molecule has 0 spiro atoms. The van der Waals surface area contributed by atoms with E-state index < -0.39 is 0 Å². The maximum absolute atomic E-state index is 13.0. The molecular weight excluding hydrogens is 293 g/mol. The van der Waals surface area contributed by atoms with Crippen LogP contribution in [-0.2, 0) is 10.3 Å². The van der Waals surface area contributed by atoms with E-state index in [-0.39, 0.29) is 29.1 Å². The van der Waals surface area contributed by atoms with Gasteiger partial charge >= 0.3 is 0 Å². The first-order valence-electron chi connectivity index (χ1n) is 7.89. The lowest BCUT2D eigenvalue weighted by Crippen LogP contribution is -2.27. The molecule has 1 fully saturated rings. The summed E-state index contributed by atoms with van der Waals surface area (Å²) in [6, 6.07) is 8.30. The highest BCUT2D eigenvalue weighted by Gasteiger charge is 2.44. The largest absolute Gasteiger partial charge is 0.311 e. The van der Waals surface area contributed by atoms with Gasteiger partial charge in [-0.05, 0) is 57.7 Å². The number of hydrogen-bond acceptors (Lipinski definition) is 2. The monoisotopic (exact) mass is 315 g/mol. The van der Waals surface area contributed by atoms with E-state index in [0.29, 0.717) is 0 Å². The van der Waals surface area contributed by atoms with Crippen molar-refractivity contribution in [3.05, 3.63) is 47.4 Å². The first kappa shape index (κ1) is 15.7. The quantitative estimate of drug-likeness (QED) is 0.936. The van der Waals surface area contributed by atoms with Crippen molar-refractivity contribution in [1.82, 2.24) is 9.78 Å². The second-order valence-electron chi connectivity index (χ2n) is 7.24. The minimum absolute atomic E-state index is 0.00438. The number of benzene rings is 1. The summed E-state index contributed by atoms with van der Waals surface area (Å²) >= 11 is 0. The first-order valence-corrected chi connectivity index (χ1v) is 7.89. The molecule has 122 valence electrons. The number of nitrogens with one attached hydrogen (secondary N) is 1. The van der Waals surface area contributed by atoms with E-state index in [1.807, 2.05) is 38.4 Å². The number of nitrogens with zero attached hydrogens (tertiary/aromatic N) is 2. The number of amides is 1. The molecule has 1 aliphatic carbocycles. The van der Waals surface area contributed by atoms with E-state index in [1.54, 1.807) is 12.1 Å². The molecule has 2 atom stereocenters. The van der Waals surface area contributed by atoms with Gasteiger partial charge in [0.05, 0.1) is 11.2 Å². The molecule has 0 aliphatic heterocycles. The van der Waals surface area contributed by atoms with Gasteiger partial charge in [0, 0.05) is 12.0 Å². The van der Waals surface area contributed by atoms with Gasteiger partial charge in [-0.15, -0.1) is 0 Å². The van der Waals surface area contributed by atoms with Gasteiger partial charge in [0.1, 0.15) is 11.6 Å². The summed E-state index contributed by atoms with van der Waals surface area (Å²) in [7, 11) is 0. The number of anilines is 1. The van der Waals surface area contributed by atoms with Crippen LogP contribution in [0.5, 0.6) is 0 Å². The van der Waals surface area contributed by atoms with Crippen molar-refractivity contribution in [3.63, 3.8) is 0 Å². The Balaban J connectivity index is 1.71. The molecule has 0 radical (unpaired) electrons. The second kappa shape index (κ2) is 5.48. The number of aryl methyl sites for hydroxylation is 1. The van der Waals surface area contributed by atoms with Gasteiger partial charge in [0.25, 0.3) is 0 Å². The molecular formula is C18H22FN3O. The molecule has 2 aromatic rings. The second-order valence-corrected chi connectivity index (χ2v) is 7.24. The topological polar surface area (TPSA) is 46.9 Å². The highest BCUT2D eigenvalue weighted by molar-refractivity contribution is 5.94. The predicted octanol–water partition coefficient (Wildman–Crippen LogP) is 3.83. The van der Waals surface area contributed by atoms with Crippen LogP contribution in [0.15, 0.2) is 30.3 Å². The van der Waals surface area contributed by atoms with Gasteiger partial charge in [-0.25, -0.2) is 9.07 Å². The van der Waals surface area contributed by atoms with Gasteiger partial charge in [0.2, 0.25) is 5.91 Å². The number of halogens is 1. The average Bonchev–Trinajstić information content (AvgIpc) is 3.16. The van der Waals surface area contributed by atoms with Crippen molar-refractivity contribution in [2.45, 2.75) is 45.6 Å². The van der Waals surface area contributed by atoms with E-state index in [1.165, 1.54) is 12.1 Å². The number of rotatable bonds is 3. The first-order chi connectivity index (χ1) is 10.8. The summed E-state index contributed by atoms with van der Waals surface area (Å²) < 4.78 is 14.8. The van der Waals surface area contributed by atoms with E-state index in [0.717, 1.165) is 23.5 Å². The van der Waals surface area contributed by atoms with Crippen LogP contribution in [0, 0.1) is 18.7 Å². The Morgan fingerprint density at radius 1 is 1.30 bits per heavy atom. The number of hydrogen-bond donors (Lipinski definition) is 1. The molecule has 3 rings (SSSR count). The Morgan fingerprint density at radius 2 is 1.96 bits per heavy atom. The lowest BCUT2D eigenvalue weighted by molar-refractivity contribution is -0.117. The molecule has 1 N–H and O–H groups in total. The maximum atomic E-state index is 13.0. The van der Waals surface area contributed by atoms with Crippen molar-refractivity contribution in [1.29, 1.82) is 0 Å². The lowest BCUT2D eigenvalue weighted by atomic mass is 10.1. The fourth-order valence-electron chi connectivity index (χ4n) is 2.88. The Bertz CT molecular complexity index is 728. The molecule has 4 nitrogen and oxygen atoms in total. The number of aromatic nitrogens is 2. The van der Waals surface area contributed by atoms with E-state index in [9.17, 15) is 9.18 Å². The van der Waals surface area contributed by atoms with Crippen LogP contribution in [0.1, 0.15) is 44.4 Å². The third kappa shape index (κ3) is 3.28. The van der Waals surface area contributed by atoms with E-state index in [4.69, 9.17) is 0 Å². The molecule has 1 aromatic carbocycles. The Morgan fingerprint density at radius 3 is 2.57 bits per heavy atom. The van der Waals surface area contributed by atoms with Crippen molar-refractivity contribution in [2.24, 2.45) is 5.92 Å². The summed E-state index contributed by atoms with van der Waals surface area (Å²) in [5, 5.41) is 7.46. The lowest BCUT2D eigenvalue weighted by Gasteiger charge is -2.22. The van der Waals surface area contributed by atoms with Gasteiger partial charge < -0.3 is 5.32 Å². The van der Waals surface area contributed by atoms with Crippen LogP contribution in [0.25, 0.3) is 0 Å². The zero-order valence-corrected chi connectivity index (χ0v) is 13.9. The van der Waals surface area contributed by atoms with Crippen molar-refractivity contribution >= 4 is 11.7 Å². The van der Waals surface area contributed by atoms with Gasteiger partial charge in [-0.1, -0.05) is 12.1 Å². The Labute approximate surface area is 135 Å². The molecule has 1 aliphatic rings. The van der Waals surface area contributed by atoms with Crippen molar-refractivity contribution in [3.8, 4) is 0 Å². The summed E-state index contributed by atoms with van der Waals surface area (Å²) in [6.45, 7) is 8.06. The maximum Gasteiger partial charge on any atom is 0.229 e. The SMILES string of the molecule is Cc1cc(NC(=O)[C@H]2C[C@@H]2c2ccc(F)cc2)n(C(C)(C)C)n1. The molecule has 1 amide bonds. The number of carbonyl (C=O) groups excluding carboxylic acids is 1. The molecule has 0 bridgehead atoms. The van der Waals surface area contributed by atoms with Gasteiger partial charge in [0.15, 0.2) is 0 Å². The van der Waals surface area contributed by atoms with Crippen LogP contribution < -0.4 is 5.32 Å². The molecule has 1 aromatic heterocycles. The minimum Gasteiger partial charge on any atom is -0.311 e. The van der Waals surface area contributed by atoms with Crippen molar-refractivity contribution < 1.29 is 9.18 Å². The van der Waals surface area contributed by atoms with Crippen LogP contribution in [0.4, 0.5) is 10.2 Å². The minimum atomic E-state index is -0.250. The molecule has 5 heteroatoms. The fraction of sp³-hybridized carbons (Fsp3) is 0.444. The van der Waals surface area contributed by atoms with Gasteiger partial charge in [-0.2, -0.15) is 5.10 Å². The zero-order valence-electron chi connectivity index (χ0n) is 13.9. The zero-order chi connectivity index (χ0) is 16.8. The Kier molecular flexibility index (Phi) is 3.74. The smallest absolute Gasteiger partial charge is 0.229 e. The number of carbonyl (C=O) groups is 1. The molecule has 1 saturated carbocycles. The van der Waals surface area contributed by atoms with Crippen LogP contribution in [0.2, 0.25) is 0 Å². The van der Waals surface area contributed by atoms with Crippen LogP contribution in [-0.4, -0.2) is 15.7 Å². The van der Waals surface area contributed by atoms with Crippen LogP contribution in [0.3, 0.4) is 0 Å². The highest BCUT2D eigenvalue weighted by Crippen LogP contribution is 2.48. The Hall–Kier alpha value is -2.17. The van der Waals surface area contributed by atoms with Crippen molar-refractivity contribution in [2.75, 3.05) is 5.32 Å². The summed E-state index contributed by atoms with van der Waals surface area (Å²) in [5.41, 5.74) is 1.70. The fourth-order valence-corrected chi connectivity index (χ4v) is 2.88. The normalized spacial score (nSPS) is 20.4. The molecule has 1 heterocycles. The van der Waals surface area contributed by atoms with Crippen LogP contribution >= 0.6 is 0 Å². The third-order valence-electron chi connectivity index (χ3n) is 4.14. The molecule has 23 heavy (non-hydrogen) atoms. The van der Waals surface area contributed by atoms with E-state index >= 15 is 0 Å². The molecule has 0 unspecified atom stereocenters. The third-order valence-corrected chi connectivity index (χ3v) is 4.14. The highest BCUT2D eigenvalue weighted by atomic mass is 19.1. The van der Waals surface area contributed by atoms with Gasteiger partial charge in [-0.3, -0.25) is 4.79 Å². The standard InChI is InChI=1S/C18H22FN3O/c1-11-9-16(22(21-11)18(2,3)4)20-17(23)15-10-14(15)12-5-7-13(19)8-6-12/h5-9,14-15H,10H2,1-4H3,(H,20,23)/t14-,15+/m1/s1. The average molecular weight is 315 g/mol. The molecule has 0 saturated heterocycles. The summed E-state index contributed by atoms with van der Waals surface area (Å²) in [4.78, 5) is 12.5. The predicted molar refractivity (Wildman–Crippen MR) is 87.8 cm³/mol. The summed E-state index contributed by atoms with van der Waals surface area (Å²) in [6.07, 6.45) is 0.806. The summed E-state index contributed by atoms with van der Waals surface area (Å²) in [5.74, 6) is 0.612. The van der Waals surface area contributed by atoms with E-state index in [2.05, 4.69) is 10.4 Å².